The second-order valence-corrected chi connectivity index (χ2v) is 4.84. The highest BCUT2D eigenvalue weighted by molar-refractivity contribution is 6.30. The van der Waals surface area contributed by atoms with E-state index in [2.05, 4.69) is 18.8 Å². The third kappa shape index (κ3) is 2.07. The van der Waals surface area contributed by atoms with Gasteiger partial charge in [-0.2, -0.15) is 0 Å². The molecule has 0 saturated carbocycles. The highest BCUT2D eigenvalue weighted by Gasteiger charge is 2.22. The van der Waals surface area contributed by atoms with Gasteiger partial charge in [0, 0.05) is 13.0 Å². The van der Waals surface area contributed by atoms with E-state index < -0.39 is 0 Å². The molecule has 0 N–H and O–H groups in total. The summed E-state index contributed by atoms with van der Waals surface area (Å²) in [6.45, 7) is 4.97. The van der Waals surface area contributed by atoms with Crippen LogP contribution in [0.1, 0.15) is 31.8 Å². The molecule has 0 radical (unpaired) electrons. The standard InChI is InChI=1S/C11H15ClN2O/c1-7(2)5-9-11(12)14-4-3-8(15)6-10(14)13-9/h7H,3-6H2,1-2H3. The first-order chi connectivity index (χ1) is 7.08. The maximum atomic E-state index is 11.3. The van der Waals surface area contributed by atoms with E-state index in [0.29, 0.717) is 25.3 Å². The molecule has 0 fully saturated rings. The molecule has 0 aromatic carbocycles. The Morgan fingerprint density at radius 2 is 2.27 bits per heavy atom. The number of fused-ring (bicyclic) bond motifs is 1. The first kappa shape index (κ1) is 10.7. The lowest BCUT2D eigenvalue weighted by atomic mass is 10.1. The van der Waals surface area contributed by atoms with Gasteiger partial charge in [0.1, 0.15) is 16.8 Å². The van der Waals surface area contributed by atoms with Crippen molar-refractivity contribution in [1.29, 1.82) is 0 Å². The molecule has 0 aliphatic carbocycles. The van der Waals surface area contributed by atoms with Crippen LogP contribution in [0, 0.1) is 5.92 Å². The molecule has 1 aromatic heterocycles. The number of ketones is 1. The largest absolute Gasteiger partial charge is 0.318 e. The van der Waals surface area contributed by atoms with Crippen molar-refractivity contribution in [3.8, 4) is 0 Å². The monoisotopic (exact) mass is 226 g/mol. The lowest BCUT2D eigenvalue weighted by molar-refractivity contribution is -0.119. The van der Waals surface area contributed by atoms with Gasteiger partial charge in [-0.15, -0.1) is 0 Å². The molecule has 0 spiro atoms. The van der Waals surface area contributed by atoms with E-state index in [9.17, 15) is 4.79 Å². The Kier molecular flexibility index (Phi) is 2.83. The summed E-state index contributed by atoms with van der Waals surface area (Å²) in [5, 5.41) is 0.728. The predicted octanol–water partition coefficient (Wildman–Crippen LogP) is 2.25. The van der Waals surface area contributed by atoms with Crippen LogP contribution in [0.3, 0.4) is 0 Å². The Morgan fingerprint density at radius 3 is 2.93 bits per heavy atom. The number of aromatic nitrogens is 2. The number of hydrogen-bond acceptors (Lipinski definition) is 2. The molecule has 1 aromatic rings. The van der Waals surface area contributed by atoms with Gasteiger partial charge in [-0.3, -0.25) is 4.79 Å². The van der Waals surface area contributed by atoms with Crippen LogP contribution in [0.5, 0.6) is 0 Å². The molecule has 1 aliphatic rings. The highest BCUT2D eigenvalue weighted by atomic mass is 35.5. The van der Waals surface area contributed by atoms with Crippen LogP contribution < -0.4 is 0 Å². The maximum absolute atomic E-state index is 11.3. The molecule has 0 atom stereocenters. The van der Waals surface area contributed by atoms with Gasteiger partial charge in [-0.1, -0.05) is 25.4 Å². The van der Waals surface area contributed by atoms with Gasteiger partial charge < -0.3 is 4.57 Å². The van der Waals surface area contributed by atoms with Gasteiger partial charge in [0.05, 0.1) is 12.1 Å². The summed E-state index contributed by atoms with van der Waals surface area (Å²) in [6.07, 6.45) is 1.91. The molecule has 2 heterocycles. The summed E-state index contributed by atoms with van der Waals surface area (Å²) in [7, 11) is 0. The number of halogens is 1. The van der Waals surface area contributed by atoms with E-state index in [1.165, 1.54) is 0 Å². The molecule has 0 saturated heterocycles. The van der Waals surface area contributed by atoms with E-state index in [1.807, 2.05) is 4.57 Å². The summed E-state index contributed by atoms with van der Waals surface area (Å²) >= 11 is 6.22. The van der Waals surface area contributed by atoms with Crippen LogP contribution in [0.2, 0.25) is 5.15 Å². The lowest BCUT2D eigenvalue weighted by Crippen LogP contribution is -2.18. The van der Waals surface area contributed by atoms with E-state index in [4.69, 9.17) is 11.6 Å². The van der Waals surface area contributed by atoms with Crippen molar-refractivity contribution in [2.24, 2.45) is 5.92 Å². The van der Waals surface area contributed by atoms with Gasteiger partial charge >= 0.3 is 0 Å². The van der Waals surface area contributed by atoms with Crippen LogP contribution in [0.25, 0.3) is 0 Å². The molecular weight excluding hydrogens is 212 g/mol. The number of nitrogens with zero attached hydrogens (tertiary/aromatic N) is 2. The van der Waals surface area contributed by atoms with Crippen molar-refractivity contribution in [3.63, 3.8) is 0 Å². The predicted molar refractivity (Wildman–Crippen MR) is 59.1 cm³/mol. The smallest absolute Gasteiger partial charge is 0.142 e. The van der Waals surface area contributed by atoms with Gasteiger partial charge in [0.2, 0.25) is 0 Å². The second kappa shape index (κ2) is 3.97. The van der Waals surface area contributed by atoms with Gasteiger partial charge in [0.15, 0.2) is 0 Å². The zero-order valence-electron chi connectivity index (χ0n) is 9.09. The van der Waals surface area contributed by atoms with Crippen molar-refractivity contribution in [2.45, 2.75) is 39.7 Å². The number of Topliss-reactive ketones (excluding diaryl/α,β-unsaturated/α-hetero) is 1. The maximum Gasteiger partial charge on any atom is 0.142 e. The molecule has 0 bridgehead atoms. The van der Waals surface area contributed by atoms with Crippen LogP contribution in [-0.4, -0.2) is 15.3 Å². The topological polar surface area (TPSA) is 34.9 Å². The number of carbonyl (C=O) groups is 1. The van der Waals surface area contributed by atoms with Crippen LogP contribution in [-0.2, 0) is 24.2 Å². The SMILES string of the molecule is CC(C)Cc1nc2n(c1Cl)CCC(=O)C2. The van der Waals surface area contributed by atoms with Crippen molar-refractivity contribution >= 4 is 17.4 Å². The summed E-state index contributed by atoms with van der Waals surface area (Å²) in [5.74, 6) is 1.64. The lowest BCUT2D eigenvalue weighted by Gasteiger charge is -2.12. The normalized spacial score (nSPS) is 15.9. The molecule has 4 heteroatoms. The van der Waals surface area contributed by atoms with Crippen molar-refractivity contribution in [3.05, 3.63) is 16.7 Å². The number of rotatable bonds is 2. The van der Waals surface area contributed by atoms with Crippen LogP contribution >= 0.6 is 11.6 Å². The summed E-state index contributed by atoms with van der Waals surface area (Å²) in [6, 6.07) is 0. The Hall–Kier alpha value is -0.830. The zero-order valence-corrected chi connectivity index (χ0v) is 9.84. The number of carbonyl (C=O) groups excluding carboxylic acids is 1. The molecule has 82 valence electrons. The van der Waals surface area contributed by atoms with Crippen molar-refractivity contribution in [2.75, 3.05) is 0 Å². The third-order valence-corrected chi connectivity index (χ3v) is 3.04. The fourth-order valence-corrected chi connectivity index (χ4v) is 2.21. The summed E-state index contributed by atoms with van der Waals surface area (Å²) < 4.78 is 1.97. The minimum absolute atomic E-state index is 0.264. The molecule has 15 heavy (non-hydrogen) atoms. The highest BCUT2D eigenvalue weighted by Crippen LogP contribution is 2.24. The molecule has 0 unspecified atom stereocenters. The third-order valence-electron chi connectivity index (χ3n) is 2.62. The minimum atomic E-state index is 0.264. The van der Waals surface area contributed by atoms with Crippen LogP contribution in [0.15, 0.2) is 0 Å². The second-order valence-electron chi connectivity index (χ2n) is 4.48. The van der Waals surface area contributed by atoms with Gasteiger partial charge in [0.25, 0.3) is 0 Å². The number of hydrogen-bond donors (Lipinski definition) is 0. The van der Waals surface area contributed by atoms with Gasteiger partial charge in [-0.05, 0) is 12.3 Å². The van der Waals surface area contributed by atoms with E-state index in [0.717, 1.165) is 23.1 Å². The Bertz CT molecular complexity index is 396. The number of imidazole rings is 1. The molecule has 1 aliphatic heterocycles. The molecule has 2 rings (SSSR count). The Morgan fingerprint density at radius 1 is 1.53 bits per heavy atom. The van der Waals surface area contributed by atoms with Crippen molar-refractivity contribution < 1.29 is 4.79 Å². The first-order valence-corrected chi connectivity index (χ1v) is 5.71. The fraction of sp³-hybridized carbons (Fsp3) is 0.636. The summed E-state index contributed by atoms with van der Waals surface area (Å²) in [5.41, 5.74) is 0.941. The van der Waals surface area contributed by atoms with E-state index >= 15 is 0 Å². The zero-order chi connectivity index (χ0) is 11.0. The average molecular weight is 227 g/mol. The minimum Gasteiger partial charge on any atom is -0.318 e. The quantitative estimate of drug-likeness (QED) is 0.775. The Balaban J connectivity index is 2.32. The van der Waals surface area contributed by atoms with Crippen molar-refractivity contribution in [1.82, 2.24) is 9.55 Å². The molecule has 3 nitrogen and oxygen atoms in total. The summed E-state index contributed by atoms with van der Waals surface area (Å²) in [4.78, 5) is 15.7. The van der Waals surface area contributed by atoms with E-state index in [1.54, 1.807) is 0 Å². The first-order valence-electron chi connectivity index (χ1n) is 5.33. The molecular formula is C11H15ClN2O. The van der Waals surface area contributed by atoms with Gasteiger partial charge in [-0.25, -0.2) is 4.98 Å². The molecule has 0 amide bonds. The van der Waals surface area contributed by atoms with Crippen LogP contribution in [0.4, 0.5) is 0 Å². The average Bonchev–Trinajstić information content (AvgIpc) is 2.42. The Labute approximate surface area is 94.4 Å². The van der Waals surface area contributed by atoms with E-state index in [-0.39, 0.29) is 5.78 Å². The fourth-order valence-electron chi connectivity index (χ4n) is 1.91.